The van der Waals surface area contributed by atoms with Crippen LogP contribution in [0.25, 0.3) is 0 Å². The Morgan fingerprint density at radius 3 is 2.53 bits per heavy atom. The molecule has 0 aromatic rings. The molecule has 0 bridgehead atoms. The van der Waals surface area contributed by atoms with Crippen molar-refractivity contribution in [3.05, 3.63) is 0 Å². The molecule has 19 heavy (non-hydrogen) atoms. The number of sulfonamides is 1. The van der Waals surface area contributed by atoms with Crippen LogP contribution in [-0.2, 0) is 14.8 Å². The third-order valence-electron chi connectivity index (χ3n) is 3.52. The van der Waals surface area contributed by atoms with E-state index in [0.29, 0.717) is 44.3 Å². The van der Waals surface area contributed by atoms with Crippen LogP contribution in [0, 0.1) is 0 Å². The smallest absolute Gasteiger partial charge is 0.216 e. The second-order valence-electron chi connectivity index (χ2n) is 5.06. The van der Waals surface area contributed by atoms with Crippen LogP contribution in [0.15, 0.2) is 0 Å². The summed E-state index contributed by atoms with van der Waals surface area (Å²) in [5, 5.41) is 0. The fraction of sp³-hybridized carbons (Fsp3) is 0.909. The van der Waals surface area contributed by atoms with Crippen LogP contribution in [0.2, 0.25) is 0 Å². The number of nitrogens with zero attached hydrogens (tertiary/aromatic N) is 2. The van der Waals surface area contributed by atoms with Gasteiger partial charge in [0.05, 0.1) is 16.8 Å². The summed E-state index contributed by atoms with van der Waals surface area (Å²) >= 11 is 4.86. The van der Waals surface area contributed by atoms with E-state index in [1.54, 1.807) is 4.31 Å². The molecule has 2 fully saturated rings. The highest BCUT2D eigenvalue weighted by Crippen LogP contribution is 2.17. The van der Waals surface area contributed by atoms with Crippen molar-refractivity contribution in [2.75, 3.05) is 45.1 Å². The van der Waals surface area contributed by atoms with E-state index in [2.05, 4.69) is 4.90 Å². The monoisotopic (exact) mass is 307 g/mol. The SMILES string of the molecule is NC(=S)CN1CCN(S(=O)(=O)CC2CCCO2)CC1. The van der Waals surface area contributed by atoms with Crippen molar-refractivity contribution in [1.82, 2.24) is 9.21 Å². The van der Waals surface area contributed by atoms with Crippen molar-refractivity contribution in [2.45, 2.75) is 18.9 Å². The Kier molecular flexibility index (Phi) is 5.13. The number of thiocarbonyl (C=S) groups is 1. The average molecular weight is 307 g/mol. The molecule has 0 aromatic heterocycles. The van der Waals surface area contributed by atoms with Crippen LogP contribution in [0.1, 0.15) is 12.8 Å². The van der Waals surface area contributed by atoms with Crippen molar-refractivity contribution >= 4 is 27.2 Å². The molecule has 0 spiro atoms. The summed E-state index contributed by atoms with van der Waals surface area (Å²) in [5.74, 6) is 0.113. The largest absolute Gasteiger partial charge is 0.392 e. The van der Waals surface area contributed by atoms with Gasteiger partial charge in [-0.15, -0.1) is 0 Å². The van der Waals surface area contributed by atoms with Crippen LogP contribution in [0.3, 0.4) is 0 Å². The lowest BCUT2D eigenvalue weighted by Crippen LogP contribution is -2.51. The molecule has 6 nitrogen and oxygen atoms in total. The number of hydrogen-bond acceptors (Lipinski definition) is 5. The first-order valence-electron chi connectivity index (χ1n) is 6.57. The van der Waals surface area contributed by atoms with Gasteiger partial charge in [0.25, 0.3) is 0 Å². The molecule has 0 amide bonds. The zero-order chi connectivity index (χ0) is 13.9. The first-order valence-corrected chi connectivity index (χ1v) is 8.59. The van der Waals surface area contributed by atoms with E-state index >= 15 is 0 Å². The molecule has 0 radical (unpaired) electrons. The summed E-state index contributed by atoms with van der Waals surface area (Å²) in [6.45, 7) is 3.64. The maximum absolute atomic E-state index is 12.2. The molecule has 2 aliphatic rings. The molecule has 0 aliphatic carbocycles. The van der Waals surface area contributed by atoms with Crippen molar-refractivity contribution < 1.29 is 13.2 Å². The van der Waals surface area contributed by atoms with Crippen molar-refractivity contribution in [2.24, 2.45) is 5.73 Å². The molecule has 2 heterocycles. The van der Waals surface area contributed by atoms with Crippen LogP contribution < -0.4 is 5.73 Å². The Morgan fingerprint density at radius 1 is 1.32 bits per heavy atom. The molecule has 0 aromatic carbocycles. The fourth-order valence-corrected chi connectivity index (χ4v) is 4.35. The normalized spacial score (nSPS) is 26.6. The lowest BCUT2D eigenvalue weighted by Gasteiger charge is -2.34. The zero-order valence-corrected chi connectivity index (χ0v) is 12.6. The summed E-state index contributed by atoms with van der Waals surface area (Å²) in [6, 6.07) is 0. The lowest BCUT2D eigenvalue weighted by atomic mass is 10.3. The fourth-order valence-electron chi connectivity index (χ4n) is 2.50. The van der Waals surface area contributed by atoms with Crippen LogP contribution in [0.5, 0.6) is 0 Å². The molecule has 2 N–H and O–H groups in total. The molecular weight excluding hydrogens is 286 g/mol. The van der Waals surface area contributed by atoms with Gasteiger partial charge in [0.2, 0.25) is 10.0 Å². The van der Waals surface area contributed by atoms with E-state index in [0.717, 1.165) is 12.8 Å². The van der Waals surface area contributed by atoms with E-state index < -0.39 is 10.0 Å². The van der Waals surface area contributed by atoms with Gasteiger partial charge in [-0.1, -0.05) is 12.2 Å². The zero-order valence-electron chi connectivity index (χ0n) is 11.0. The number of ether oxygens (including phenoxy) is 1. The third kappa shape index (κ3) is 4.35. The van der Waals surface area contributed by atoms with E-state index in [1.165, 1.54) is 0 Å². The minimum absolute atomic E-state index is 0.113. The van der Waals surface area contributed by atoms with Gasteiger partial charge in [-0.3, -0.25) is 4.90 Å². The van der Waals surface area contributed by atoms with Gasteiger partial charge in [-0.05, 0) is 12.8 Å². The minimum atomic E-state index is -3.20. The first-order chi connectivity index (χ1) is 8.97. The predicted octanol–water partition coefficient (Wildman–Crippen LogP) is -0.601. The summed E-state index contributed by atoms with van der Waals surface area (Å²) in [4.78, 5) is 2.54. The molecule has 8 heteroatoms. The average Bonchev–Trinajstić information content (AvgIpc) is 2.81. The highest BCUT2D eigenvalue weighted by molar-refractivity contribution is 7.89. The van der Waals surface area contributed by atoms with Crippen molar-refractivity contribution in [3.8, 4) is 0 Å². The van der Waals surface area contributed by atoms with Crippen molar-refractivity contribution in [1.29, 1.82) is 0 Å². The Labute approximate surface area is 119 Å². The summed E-state index contributed by atoms with van der Waals surface area (Å²) in [7, 11) is -3.20. The van der Waals surface area contributed by atoms with Crippen LogP contribution in [-0.4, -0.2) is 73.8 Å². The van der Waals surface area contributed by atoms with Gasteiger partial charge in [0, 0.05) is 39.3 Å². The Balaban J connectivity index is 1.83. The molecule has 0 saturated carbocycles. The minimum Gasteiger partial charge on any atom is -0.392 e. The van der Waals surface area contributed by atoms with Crippen LogP contribution in [0.4, 0.5) is 0 Å². The second-order valence-corrected chi connectivity index (χ2v) is 7.59. The molecule has 1 unspecified atom stereocenters. The Hall–Kier alpha value is -0.280. The van der Waals surface area contributed by atoms with Crippen molar-refractivity contribution in [3.63, 3.8) is 0 Å². The number of piperazine rings is 1. The molecule has 2 aliphatic heterocycles. The highest BCUT2D eigenvalue weighted by Gasteiger charge is 2.31. The molecule has 2 rings (SSSR count). The first kappa shape index (κ1) is 15.1. The number of rotatable bonds is 5. The third-order valence-corrected chi connectivity index (χ3v) is 5.60. The standard InChI is InChI=1S/C11H21N3O3S2/c12-11(18)8-13-3-5-14(6-4-13)19(15,16)9-10-2-1-7-17-10/h10H,1-9H2,(H2,12,18). The summed E-state index contributed by atoms with van der Waals surface area (Å²) < 4.78 is 31.5. The van der Waals surface area contributed by atoms with E-state index in [-0.39, 0.29) is 11.9 Å². The predicted molar refractivity (Wildman–Crippen MR) is 77.6 cm³/mol. The topological polar surface area (TPSA) is 75.9 Å². The maximum Gasteiger partial charge on any atom is 0.216 e. The summed E-state index contributed by atoms with van der Waals surface area (Å²) in [6.07, 6.45) is 1.68. The molecule has 1 atom stereocenters. The lowest BCUT2D eigenvalue weighted by molar-refractivity contribution is 0.125. The van der Waals surface area contributed by atoms with Crippen LogP contribution >= 0.6 is 12.2 Å². The molecule has 110 valence electrons. The summed E-state index contributed by atoms with van der Waals surface area (Å²) in [5.41, 5.74) is 5.49. The van der Waals surface area contributed by atoms with Gasteiger partial charge >= 0.3 is 0 Å². The maximum atomic E-state index is 12.2. The van der Waals surface area contributed by atoms with E-state index in [9.17, 15) is 8.42 Å². The second kappa shape index (κ2) is 6.45. The van der Waals surface area contributed by atoms with Gasteiger partial charge in [0.15, 0.2) is 0 Å². The quantitative estimate of drug-likeness (QED) is 0.684. The Morgan fingerprint density at radius 2 is 2.00 bits per heavy atom. The van der Waals surface area contributed by atoms with Gasteiger partial charge < -0.3 is 10.5 Å². The van der Waals surface area contributed by atoms with E-state index in [1.807, 2.05) is 0 Å². The van der Waals surface area contributed by atoms with Gasteiger partial charge in [-0.2, -0.15) is 4.31 Å². The Bertz CT molecular complexity index is 413. The molecule has 2 saturated heterocycles. The van der Waals surface area contributed by atoms with Gasteiger partial charge in [0.1, 0.15) is 0 Å². The highest BCUT2D eigenvalue weighted by atomic mass is 32.2. The van der Waals surface area contributed by atoms with Gasteiger partial charge in [-0.25, -0.2) is 8.42 Å². The number of nitrogens with two attached hydrogens (primary N) is 1. The molecular formula is C11H21N3O3S2. The van der Waals surface area contributed by atoms with E-state index in [4.69, 9.17) is 22.7 Å². The number of hydrogen-bond donors (Lipinski definition) is 1.